The monoisotopic (exact) mass is 277 g/mol. The standard InChI is InChI=1S/C13H15N3O4/c1-2-7-20-11(17)8-15-13(19)16-10-5-3-9(4-6-10)12(14)18/h2-6H,1,7-8H2,(H2,14,18)(H2,15,16,19). The van der Waals surface area contributed by atoms with E-state index in [0.717, 1.165) is 0 Å². The second-order valence-electron chi connectivity index (χ2n) is 3.72. The maximum Gasteiger partial charge on any atom is 0.325 e. The van der Waals surface area contributed by atoms with Gasteiger partial charge in [-0.2, -0.15) is 0 Å². The fraction of sp³-hybridized carbons (Fsp3) is 0.154. The average molecular weight is 277 g/mol. The Morgan fingerprint density at radius 2 is 1.90 bits per heavy atom. The number of nitrogens with two attached hydrogens (primary N) is 1. The first kappa shape index (κ1) is 15.2. The number of esters is 1. The van der Waals surface area contributed by atoms with Crippen molar-refractivity contribution in [2.24, 2.45) is 5.73 Å². The van der Waals surface area contributed by atoms with Crippen molar-refractivity contribution in [3.05, 3.63) is 42.5 Å². The second-order valence-corrected chi connectivity index (χ2v) is 3.72. The molecule has 4 N–H and O–H groups in total. The van der Waals surface area contributed by atoms with Gasteiger partial charge in [-0.3, -0.25) is 9.59 Å². The van der Waals surface area contributed by atoms with Gasteiger partial charge in [0.15, 0.2) is 0 Å². The highest BCUT2D eigenvalue weighted by atomic mass is 16.5. The number of carbonyl (C=O) groups excluding carboxylic acids is 3. The molecule has 0 spiro atoms. The molecule has 20 heavy (non-hydrogen) atoms. The number of primary amides is 1. The number of carbonyl (C=O) groups is 3. The van der Waals surface area contributed by atoms with Gasteiger partial charge >= 0.3 is 12.0 Å². The summed E-state index contributed by atoms with van der Waals surface area (Å²) >= 11 is 0. The van der Waals surface area contributed by atoms with Crippen LogP contribution in [0.3, 0.4) is 0 Å². The van der Waals surface area contributed by atoms with Crippen molar-refractivity contribution < 1.29 is 19.1 Å². The summed E-state index contributed by atoms with van der Waals surface area (Å²) in [5.41, 5.74) is 5.89. The maximum atomic E-state index is 11.5. The highest BCUT2D eigenvalue weighted by Gasteiger charge is 2.06. The molecule has 0 atom stereocenters. The summed E-state index contributed by atoms with van der Waals surface area (Å²) in [6.07, 6.45) is 1.43. The molecule has 0 aromatic heterocycles. The molecule has 0 fully saturated rings. The van der Waals surface area contributed by atoms with Gasteiger partial charge in [-0.1, -0.05) is 12.7 Å². The highest BCUT2D eigenvalue weighted by molar-refractivity contribution is 5.94. The molecule has 106 valence electrons. The van der Waals surface area contributed by atoms with E-state index in [1.807, 2.05) is 0 Å². The Labute approximate surface area is 115 Å². The molecular formula is C13H15N3O4. The Morgan fingerprint density at radius 3 is 2.45 bits per heavy atom. The Balaban J connectivity index is 2.40. The molecule has 0 saturated carbocycles. The van der Waals surface area contributed by atoms with Gasteiger partial charge < -0.3 is 21.1 Å². The molecule has 0 heterocycles. The largest absolute Gasteiger partial charge is 0.460 e. The molecule has 0 aliphatic heterocycles. The Morgan fingerprint density at radius 1 is 1.25 bits per heavy atom. The van der Waals surface area contributed by atoms with Gasteiger partial charge in [-0.25, -0.2) is 4.79 Å². The van der Waals surface area contributed by atoms with E-state index in [9.17, 15) is 14.4 Å². The van der Waals surface area contributed by atoms with E-state index < -0.39 is 17.9 Å². The van der Waals surface area contributed by atoms with Gasteiger partial charge in [-0.05, 0) is 24.3 Å². The Kier molecular flexibility index (Phi) is 5.76. The van der Waals surface area contributed by atoms with Crippen LogP contribution in [0, 0.1) is 0 Å². The summed E-state index contributed by atoms with van der Waals surface area (Å²) in [6, 6.07) is 5.45. The molecule has 1 rings (SSSR count). The number of hydrogen-bond donors (Lipinski definition) is 3. The SMILES string of the molecule is C=CCOC(=O)CNC(=O)Nc1ccc(C(N)=O)cc1. The predicted octanol–water partition coefficient (Wildman–Crippen LogP) is 0.636. The van der Waals surface area contributed by atoms with Crippen LogP contribution in [0.25, 0.3) is 0 Å². The van der Waals surface area contributed by atoms with Crippen molar-refractivity contribution in [3.63, 3.8) is 0 Å². The van der Waals surface area contributed by atoms with E-state index in [1.54, 1.807) is 0 Å². The van der Waals surface area contributed by atoms with Gasteiger partial charge in [0.25, 0.3) is 0 Å². The summed E-state index contributed by atoms with van der Waals surface area (Å²) in [6.45, 7) is 3.24. The summed E-state index contributed by atoms with van der Waals surface area (Å²) in [5, 5.41) is 4.82. The number of amides is 3. The van der Waals surface area contributed by atoms with Crippen LogP contribution < -0.4 is 16.4 Å². The van der Waals surface area contributed by atoms with Crippen molar-refractivity contribution in [1.82, 2.24) is 5.32 Å². The number of rotatable bonds is 6. The number of nitrogens with one attached hydrogen (secondary N) is 2. The molecule has 0 saturated heterocycles. The smallest absolute Gasteiger partial charge is 0.325 e. The molecule has 7 heteroatoms. The summed E-state index contributed by atoms with van der Waals surface area (Å²) in [5.74, 6) is -1.12. The van der Waals surface area contributed by atoms with Crippen LogP contribution in [0.2, 0.25) is 0 Å². The minimum Gasteiger partial charge on any atom is -0.460 e. The minimum absolute atomic E-state index is 0.0940. The lowest BCUT2D eigenvalue weighted by Crippen LogP contribution is -2.34. The van der Waals surface area contributed by atoms with Crippen molar-refractivity contribution in [1.29, 1.82) is 0 Å². The zero-order valence-electron chi connectivity index (χ0n) is 10.7. The van der Waals surface area contributed by atoms with E-state index in [1.165, 1.54) is 30.3 Å². The molecule has 1 aromatic rings. The van der Waals surface area contributed by atoms with Crippen molar-refractivity contribution >= 4 is 23.6 Å². The number of anilines is 1. The average Bonchev–Trinajstić information content (AvgIpc) is 2.43. The van der Waals surface area contributed by atoms with E-state index in [4.69, 9.17) is 5.73 Å². The quantitative estimate of drug-likeness (QED) is 0.523. The van der Waals surface area contributed by atoms with Gasteiger partial charge in [0.2, 0.25) is 5.91 Å². The van der Waals surface area contributed by atoms with Crippen LogP contribution in [-0.2, 0) is 9.53 Å². The van der Waals surface area contributed by atoms with Crippen LogP contribution in [0.15, 0.2) is 36.9 Å². The summed E-state index contributed by atoms with van der Waals surface area (Å²) in [4.78, 5) is 33.4. The first-order valence-corrected chi connectivity index (χ1v) is 5.74. The van der Waals surface area contributed by atoms with Crippen LogP contribution in [0.4, 0.5) is 10.5 Å². The molecule has 0 radical (unpaired) electrons. The van der Waals surface area contributed by atoms with Gasteiger partial charge in [0, 0.05) is 11.3 Å². The van der Waals surface area contributed by atoms with Crippen molar-refractivity contribution in [2.45, 2.75) is 0 Å². The third-order valence-electron chi connectivity index (χ3n) is 2.18. The van der Waals surface area contributed by atoms with E-state index in [-0.39, 0.29) is 13.2 Å². The Bertz CT molecular complexity index is 511. The lowest BCUT2D eigenvalue weighted by Gasteiger charge is -2.07. The third kappa shape index (κ3) is 5.21. The van der Waals surface area contributed by atoms with Gasteiger partial charge in [0.1, 0.15) is 13.2 Å². The van der Waals surface area contributed by atoms with Gasteiger partial charge in [0.05, 0.1) is 0 Å². The molecule has 0 aliphatic carbocycles. The van der Waals surface area contributed by atoms with Crippen LogP contribution in [-0.4, -0.2) is 31.1 Å². The molecular weight excluding hydrogens is 262 g/mol. The zero-order chi connectivity index (χ0) is 15.0. The molecule has 0 bridgehead atoms. The zero-order valence-corrected chi connectivity index (χ0v) is 10.7. The highest BCUT2D eigenvalue weighted by Crippen LogP contribution is 2.08. The lowest BCUT2D eigenvalue weighted by molar-refractivity contribution is -0.141. The van der Waals surface area contributed by atoms with Crippen LogP contribution >= 0.6 is 0 Å². The van der Waals surface area contributed by atoms with E-state index in [0.29, 0.717) is 11.3 Å². The second kappa shape index (κ2) is 7.57. The first-order chi connectivity index (χ1) is 9.52. The Hall–Kier alpha value is -2.83. The van der Waals surface area contributed by atoms with Crippen LogP contribution in [0.5, 0.6) is 0 Å². The molecule has 1 aromatic carbocycles. The fourth-order valence-corrected chi connectivity index (χ4v) is 1.25. The molecule has 7 nitrogen and oxygen atoms in total. The summed E-state index contributed by atoms with van der Waals surface area (Å²) in [7, 11) is 0. The topological polar surface area (TPSA) is 111 Å². The molecule has 0 aliphatic rings. The summed E-state index contributed by atoms with van der Waals surface area (Å²) < 4.78 is 4.68. The lowest BCUT2D eigenvalue weighted by atomic mass is 10.2. The van der Waals surface area contributed by atoms with Gasteiger partial charge in [-0.15, -0.1) is 0 Å². The maximum absolute atomic E-state index is 11.5. The van der Waals surface area contributed by atoms with Crippen LogP contribution in [0.1, 0.15) is 10.4 Å². The molecule has 0 unspecified atom stereocenters. The predicted molar refractivity (Wildman–Crippen MR) is 73.1 cm³/mol. The van der Waals surface area contributed by atoms with E-state index in [2.05, 4.69) is 21.9 Å². The molecule has 3 amide bonds. The number of urea groups is 1. The normalized spacial score (nSPS) is 9.40. The number of ether oxygens (including phenoxy) is 1. The van der Waals surface area contributed by atoms with Crippen molar-refractivity contribution in [2.75, 3.05) is 18.5 Å². The number of hydrogen-bond acceptors (Lipinski definition) is 4. The fourth-order valence-electron chi connectivity index (χ4n) is 1.25. The number of benzene rings is 1. The minimum atomic E-state index is -0.566. The van der Waals surface area contributed by atoms with E-state index >= 15 is 0 Å². The first-order valence-electron chi connectivity index (χ1n) is 5.74. The third-order valence-corrected chi connectivity index (χ3v) is 2.18. The van der Waals surface area contributed by atoms with Crippen molar-refractivity contribution in [3.8, 4) is 0 Å².